The van der Waals surface area contributed by atoms with Gasteiger partial charge in [0.1, 0.15) is 5.78 Å². The van der Waals surface area contributed by atoms with Crippen LogP contribution in [0, 0.1) is 5.92 Å². The van der Waals surface area contributed by atoms with Crippen molar-refractivity contribution in [3.63, 3.8) is 0 Å². The fraction of sp³-hybridized carbons (Fsp3) is 0.583. The van der Waals surface area contributed by atoms with Crippen molar-refractivity contribution in [3.05, 3.63) is 35.9 Å². The number of ether oxygens (including phenoxy) is 1. The van der Waals surface area contributed by atoms with Crippen LogP contribution in [0.4, 0.5) is 0 Å². The van der Waals surface area contributed by atoms with Crippen LogP contribution in [0.3, 0.4) is 0 Å². The largest absolute Gasteiger partial charge is 0.376 e. The fourth-order valence-electron chi connectivity index (χ4n) is 3.06. The number of carbonyl (C=O) groups is 4. The minimum Gasteiger partial charge on any atom is -0.376 e. The summed E-state index contributed by atoms with van der Waals surface area (Å²) in [6.07, 6.45) is 1.23. The van der Waals surface area contributed by atoms with Gasteiger partial charge in [-0.3, -0.25) is 19.2 Å². The molecule has 2 N–H and O–H groups in total. The van der Waals surface area contributed by atoms with Gasteiger partial charge >= 0.3 is 0 Å². The van der Waals surface area contributed by atoms with Crippen LogP contribution in [0.1, 0.15) is 59.4 Å². The molecule has 1 aromatic rings. The Morgan fingerprint density at radius 3 is 2.26 bits per heavy atom. The van der Waals surface area contributed by atoms with E-state index >= 15 is 0 Å². The Labute approximate surface area is 185 Å². The van der Waals surface area contributed by atoms with Crippen LogP contribution in [0.5, 0.6) is 0 Å². The summed E-state index contributed by atoms with van der Waals surface area (Å²) in [4.78, 5) is 48.9. The highest BCUT2D eigenvalue weighted by atomic mass is 16.5. The van der Waals surface area contributed by atoms with Crippen molar-refractivity contribution < 1.29 is 23.9 Å². The molecule has 0 aliphatic carbocycles. The number of amides is 1. The Kier molecular flexibility index (Phi) is 11.3. The number of carbonyl (C=O) groups excluding carboxylic acids is 4. The molecule has 0 fully saturated rings. The van der Waals surface area contributed by atoms with Gasteiger partial charge in [-0.2, -0.15) is 0 Å². The SMILES string of the molecule is CCCC(NC(C)(C)C)C(=O)C(=O)NCC(=O)CC(COCc1ccccc1)C(C)=O. The maximum atomic E-state index is 12.5. The minimum absolute atomic E-state index is 0.0444. The van der Waals surface area contributed by atoms with E-state index in [1.165, 1.54) is 6.92 Å². The van der Waals surface area contributed by atoms with Crippen LogP contribution >= 0.6 is 0 Å². The van der Waals surface area contributed by atoms with E-state index in [-0.39, 0.29) is 36.7 Å². The topological polar surface area (TPSA) is 102 Å². The number of benzene rings is 1. The molecule has 0 aliphatic rings. The van der Waals surface area contributed by atoms with E-state index < -0.39 is 23.7 Å². The molecule has 1 amide bonds. The second-order valence-corrected chi connectivity index (χ2v) is 8.83. The molecule has 172 valence electrons. The summed E-state index contributed by atoms with van der Waals surface area (Å²) in [5.41, 5.74) is 0.660. The molecular weight excluding hydrogens is 396 g/mol. The van der Waals surface area contributed by atoms with E-state index in [0.717, 1.165) is 12.0 Å². The number of ketones is 3. The monoisotopic (exact) mass is 432 g/mol. The predicted octanol–water partition coefficient (Wildman–Crippen LogP) is 2.61. The lowest BCUT2D eigenvalue weighted by molar-refractivity contribution is -0.140. The average Bonchev–Trinajstić information content (AvgIpc) is 2.70. The van der Waals surface area contributed by atoms with Gasteiger partial charge in [0.15, 0.2) is 5.78 Å². The zero-order valence-electron chi connectivity index (χ0n) is 19.3. The quantitative estimate of drug-likeness (QED) is 0.438. The molecule has 31 heavy (non-hydrogen) atoms. The van der Waals surface area contributed by atoms with Crippen LogP contribution in [0.2, 0.25) is 0 Å². The Hall–Kier alpha value is -2.38. The van der Waals surface area contributed by atoms with Crippen LogP contribution in [0.25, 0.3) is 0 Å². The van der Waals surface area contributed by atoms with Gasteiger partial charge in [0.25, 0.3) is 5.91 Å². The van der Waals surface area contributed by atoms with Crippen LogP contribution in [-0.4, -0.2) is 48.0 Å². The highest BCUT2D eigenvalue weighted by molar-refractivity contribution is 6.38. The zero-order chi connectivity index (χ0) is 23.4. The highest BCUT2D eigenvalue weighted by Gasteiger charge is 2.28. The summed E-state index contributed by atoms with van der Waals surface area (Å²) in [5, 5.41) is 5.56. The number of Topliss-reactive ketones (excluding diaryl/α,β-unsaturated/α-hetero) is 3. The normalized spacial score (nSPS) is 13.3. The van der Waals surface area contributed by atoms with Gasteiger partial charge in [0, 0.05) is 17.9 Å². The van der Waals surface area contributed by atoms with Crippen molar-refractivity contribution in [1.82, 2.24) is 10.6 Å². The Morgan fingerprint density at radius 2 is 1.71 bits per heavy atom. The average molecular weight is 433 g/mol. The van der Waals surface area contributed by atoms with Crippen molar-refractivity contribution in [2.45, 2.75) is 72.1 Å². The summed E-state index contributed by atoms with van der Waals surface area (Å²) in [5.74, 6) is -2.43. The van der Waals surface area contributed by atoms with Crippen molar-refractivity contribution in [2.75, 3.05) is 13.2 Å². The Bertz CT molecular complexity index is 740. The van der Waals surface area contributed by atoms with E-state index in [4.69, 9.17) is 4.74 Å². The molecule has 2 atom stereocenters. The molecule has 1 aromatic carbocycles. The van der Waals surface area contributed by atoms with Gasteiger partial charge in [0.05, 0.1) is 25.8 Å². The molecule has 7 nitrogen and oxygen atoms in total. The smallest absolute Gasteiger partial charge is 0.289 e. The first-order valence-electron chi connectivity index (χ1n) is 10.8. The van der Waals surface area contributed by atoms with Crippen molar-refractivity contribution in [2.24, 2.45) is 5.92 Å². The summed E-state index contributed by atoms with van der Waals surface area (Å²) in [6, 6.07) is 8.94. The maximum absolute atomic E-state index is 12.5. The first-order chi connectivity index (χ1) is 14.5. The van der Waals surface area contributed by atoms with E-state index in [1.54, 1.807) is 0 Å². The third-order valence-corrected chi connectivity index (χ3v) is 4.65. The molecule has 0 saturated carbocycles. The summed E-state index contributed by atoms with van der Waals surface area (Å²) in [6.45, 7) is 9.31. The summed E-state index contributed by atoms with van der Waals surface area (Å²) < 4.78 is 5.59. The van der Waals surface area contributed by atoms with E-state index in [2.05, 4.69) is 10.6 Å². The van der Waals surface area contributed by atoms with Gasteiger partial charge in [0.2, 0.25) is 5.78 Å². The van der Waals surface area contributed by atoms with Crippen molar-refractivity contribution in [3.8, 4) is 0 Å². The molecule has 0 spiro atoms. The zero-order valence-corrected chi connectivity index (χ0v) is 19.3. The molecule has 0 bridgehead atoms. The number of hydrogen-bond acceptors (Lipinski definition) is 6. The second-order valence-electron chi connectivity index (χ2n) is 8.83. The minimum atomic E-state index is -0.789. The van der Waals surface area contributed by atoms with Gasteiger partial charge in [-0.15, -0.1) is 0 Å². The third kappa shape index (κ3) is 11.0. The lowest BCUT2D eigenvalue weighted by Gasteiger charge is -2.27. The molecule has 2 unspecified atom stereocenters. The molecule has 1 rings (SSSR count). The predicted molar refractivity (Wildman–Crippen MR) is 119 cm³/mol. The lowest BCUT2D eigenvalue weighted by atomic mass is 9.99. The molecule has 0 saturated heterocycles. The highest BCUT2D eigenvalue weighted by Crippen LogP contribution is 2.10. The maximum Gasteiger partial charge on any atom is 0.289 e. The van der Waals surface area contributed by atoms with Gasteiger partial charge < -0.3 is 15.4 Å². The van der Waals surface area contributed by atoms with E-state index in [1.807, 2.05) is 58.0 Å². The van der Waals surface area contributed by atoms with Crippen molar-refractivity contribution >= 4 is 23.3 Å². The lowest BCUT2D eigenvalue weighted by Crippen LogP contribution is -2.52. The van der Waals surface area contributed by atoms with Crippen molar-refractivity contribution in [1.29, 1.82) is 0 Å². The van der Waals surface area contributed by atoms with Gasteiger partial charge in [-0.05, 0) is 39.7 Å². The molecule has 7 heteroatoms. The van der Waals surface area contributed by atoms with E-state index in [0.29, 0.717) is 13.0 Å². The number of hydrogen-bond donors (Lipinski definition) is 2. The molecule has 0 aromatic heterocycles. The summed E-state index contributed by atoms with van der Waals surface area (Å²) >= 11 is 0. The van der Waals surface area contributed by atoms with Crippen LogP contribution in [0.15, 0.2) is 30.3 Å². The standard InChI is InChI=1S/C24H36N2O5/c1-6-10-21(26-24(3,4)5)22(29)23(30)25-14-20(28)13-19(17(2)27)16-31-15-18-11-8-7-9-12-18/h7-9,11-12,19,21,26H,6,10,13-16H2,1-5H3,(H,25,30). The molecular formula is C24H36N2O5. The van der Waals surface area contributed by atoms with E-state index in [9.17, 15) is 19.2 Å². The Morgan fingerprint density at radius 1 is 1.06 bits per heavy atom. The molecule has 0 radical (unpaired) electrons. The first kappa shape index (κ1) is 26.7. The number of rotatable bonds is 14. The second kappa shape index (κ2) is 13.1. The first-order valence-corrected chi connectivity index (χ1v) is 10.8. The van der Waals surface area contributed by atoms with Crippen LogP contribution in [-0.2, 0) is 30.5 Å². The third-order valence-electron chi connectivity index (χ3n) is 4.65. The van der Waals surface area contributed by atoms with Crippen LogP contribution < -0.4 is 10.6 Å². The molecule has 0 heterocycles. The fourth-order valence-corrected chi connectivity index (χ4v) is 3.06. The number of nitrogens with one attached hydrogen (secondary N) is 2. The summed E-state index contributed by atoms with van der Waals surface area (Å²) in [7, 11) is 0. The molecule has 0 aliphatic heterocycles. The van der Waals surface area contributed by atoms with Gasteiger partial charge in [-0.1, -0.05) is 43.7 Å². The van der Waals surface area contributed by atoms with Gasteiger partial charge in [-0.25, -0.2) is 0 Å². The Balaban J connectivity index is 2.51.